The Balaban J connectivity index is 1.91. The van der Waals surface area contributed by atoms with Gasteiger partial charge in [0.15, 0.2) is 6.10 Å². The zero-order valence-electron chi connectivity index (χ0n) is 14.7. The molecule has 0 aromatic heterocycles. The van der Waals surface area contributed by atoms with Crippen molar-refractivity contribution < 1.29 is 14.3 Å². The van der Waals surface area contributed by atoms with Crippen molar-refractivity contribution in [2.75, 3.05) is 0 Å². The molecule has 0 heterocycles. The fourth-order valence-electron chi connectivity index (χ4n) is 3.00. The van der Waals surface area contributed by atoms with Gasteiger partial charge in [-0.25, -0.2) is 0 Å². The SMILES string of the molecule is CC(C)(C)C(=O)NC1CCC(C(Oc2ccccc2)C(N)=O)CC1. The molecule has 0 spiro atoms. The number of ether oxygens (including phenoxy) is 1. The number of carbonyl (C=O) groups is 2. The minimum atomic E-state index is -0.619. The molecule has 5 heteroatoms. The van der Waals surface area contributed by atoms with Gasteiger partial charge in [-0.15, -0.1) is 0 Å². The van der Waals surface area contributed by atoms with Crippen LogP contribution in [0.25, 0.3) is 0 Å². The third kappa shape index (κ3) is 4.98. The van der Waals surface area contributed by atoms with Gasteiger partial charge in [0.25, 0.3) is 5.91 Å². The molecule has 1 fully saturated rings. The highest BCUT2D eigenvalue weighted by molar-refractivity contribution is 5.81. The molecular weight excluding hydrogens is 304 g/mol. The predicted octanol–water partition coefficient (Wildman–Crippen LogP) is 2.64. The molecule has 0 aliphatic heterocycles. The molecule has 2 amide bonds. The lowest BCUT2D eigenvalue weighted by Crippen LogP contribution is -2.46. The van der Waals surface area contributed by atoms with Crippen LogP contribution in [0.15, 0.2) is 30.3 Å². The van der Waals surface area contributed by atoms with E-state index in [4.69, 9.17) is 10.5 Å². The molecule has 0 bridgehead atoms. The van der Waals surface area contributed by atoms with E-state index >= 15 is 0 Å². The molecular formula is C19H28N2O3. The molecule has 1 aromatic carbocycles. The van der Waals surface area contributed by atoms with Gasteiger partial charge < -0.3 is 15.8 Å². The molecule has 0 radical (unpaired) electrons. The Kier molecular flexibility index (Phi) is 5.86. The van der Waals surface area contributed by atoms with Crippen molar-refractivity contribution in [3.8, 4) is 5.75 Å². The van der Waals surface area contributed by atoms with E-state index in [1.165, 1.54) is 0 Å². The van der Waals surface area contributed by atoms with Gasteiger partial charge in [-0.2, -0.15) is 0 Å². The van der Waals surface area contributed by atoms with E-state index in [0.29, 0.717) is 5.75 Å². The maximum Gasteiger partial charge on any atom is 0.258 e. The van der Waals surface area contributed by atoms with Gasteiger partial charge in [0.05, 0.1) is 0 Å². The fraction of sp³-hybridized carbons (Fsp3) is 0.579. The van der Waals surface area contributed by atoms with E-state index in [2.05, 4.69) is 5.32 Å². The van der Waals surface area contributed by atoms with Gasteiger partial charge in [0.2, 0.25) is 5.91 Å². The minimum absolute atomic E-state index is 0.0675. The third-order valence-electron chi connectivity index (χ3n) is 4.50. The lowest BCUT2D eigenvalue weighted by molar-refractivity contribution is -0.130. The van der Waals surface area contributed by atoms with Crippen molar-refractivity contribution in [1.29, 1.82) is 0 Å². The molecule has 3 N–H and O–H groups in total. The topological polar surface area (TPSA) is 81.4 Å². The Hall–Kier alpha value is -2.04. The van der Waals surface area contributed by atoms with E-state index in [0.717, 1.165) is 25.7 Å². The zero-order chi connectivity index (χ0) is 17.7. The van der Waals surface area contributed by atoms with Crippen molar-refractivity contribution in [3.05, 3.63) is 30.3 Å². The van der Waals surface area contributed by atoms with Crippen LogP contribution in [0.3, 0.4) is 0 Å². The van der Waals surface area contributed by atoms with Gasteiger partial charge in [-0.3, -0.25) is 9.59 Å². The number of carbonyl (C=O) groups excluding carboxylic acids is 2. The average Bonchev–Trinajstić information content (AvgIpc) is 2.53. The number of hydrogen-bond donors (Lipinski definition) is 2. The summed E-state index contributed by atoms with van der Waals surface area (Å²) < 4.78 is 5.82. The van der Waals surface area contributed by atoms with Crippen LogP contribution in [0.1, 0.15) is 46.5 Å². The third-order valence-corrected chi connectivity index (χ3v) is 4.50. The number of nitrogens with two attached hydrogens (primary N) is 1. The van der Waals surface area contributed by atoms with Crippen LogP contribution in [-0.2, 0) is 9.59 Å². The zero-order valence-corrected chi connectivity index (χ0v) is 14.7. The standard InChI is InChI=1S/C19H28N2O3/c1-19(2,3)18(23)21-14-11-9-13(10-12-14)16(17(20)22)24-15-7-5-4-6-8-15/h4-8,13-14,16H,9-12H2,1-3H3,(H2,20,22)(H,21,23). The largest absolute Gasteiger partial charge is 0.480 e. The first kappa shape index (κ1) is 18.3. The van der Waals surface area contributed by atoms with Gasteiger partial charge >= 0.3 is 0 Å². The van der Waals surface area contributed by atoms with E-state index < -0.39 is 12.0 Å². The van der Waals surface area contributed by atoms with Crippen LogP contribution >= 0.6 is 0 Å². The summed E-state index contributed by atoms with van der Waals surface area (Å²) in [6, 6.07) is 9.45. The van der Waals surface area contributed by atoms with Crippen LogP contribution in [0, 0.1) is 11.3 Å². The Labute approximate surface area is 143 Å². The second-order valence-electron chi connectivity index (χ2n) is 7.59. The first-order valence-electron chi connectivity index (χ1n) is 8.59. The molecule has 1 saturated carbocycles. The predicted molar refractivity (Wildman–Crippen MR) is 93.4 cm³/mol. The number of amides is 2. The number of primary amides is 1. The highest BCUT2D eigenvalue weighted by Crippen LogP contribution is 2.30. The molecule has 1 unspecified atom stereocenters. The average molecular weight is 332 g/mol. The van der Waals surface area contributed by atoms with Gasteiger partial charge in [-0.05, 0) is 37.8 Å². The van der Waals surface area contributed by atoms with Crippen LogP contribution in [0.4, 0.5) is 0 Å². The summed E-state index contributed by atoms with van der Waals surface area (Å²) in [7, 11) is 0. The first-order chi connectivity index (χ1) is 11.3. The van der Waals surface area contributed by atoms with E-state index in [1.807, 2.05) is 51.1 Å². The second-order valence-corrected chi connectivity index (χ2v) is 7.59. The fourth-order valence-corrected chi connectivity index (χ4v) is 3.00. The first-order valence-corrected chi connectivity index (χ1v) is 8.59. The lowest BCUT2D eigenvalue weighted by atomic mass is 9.81. The Morgan fingerprint density at radius 2 is 1.71 bits per heavy atom. The Morgan fingerprint density at radius 3 is 2.21 bits per heavy atom. The summed E-state index contributed by atoms with van der Waals surface area (Å²) in [5, 5.41) is 3.10. The summed E-state index contributed by atoms with van der Waals surface area (Å²) in [4.78, 5) is 23.9. The molecule has 5 nitrogen and oxygen atoms in total. The normalized spacial score (nSPS) is 22.5. The number of hydrogen-bond acceptors (Lipinski definition) is 3. The number of benzene rings is 1. The molecule has 24 heavy (non-hydrogen) atoms. The van der Waals surface area contributed by atoms with Crippen LogP contribution in [0.2, 0.25) is 0 Å². The maximum absolute atomic E-state index is 12.1. The van der Waals surface area contributed by atoms with Crippen molar-refractivity contribution in [3.63, 3.8) is 0 Å². The monoisotopic (exact) mass is 332 g/mol. The highest BCUT2D eigenvalue weighted by Gasteiger charge is 2.34. The molecule has 1 aliphatic rings. The summed E-state index contributed by atoms with van der Waals surface area (Å²) >= 11 is 0. The lowest BCUT2D eigenvalue weighted by Gasteiger charge is -2.34. The van der Waals surface area contributed by atoms with Crippen LogP contribution in [-0.4, -0.2) is 24.0 Å². The Morgan fingerprint density at radius 1 is 1.12 bits per heavy atom. The van der Waals surface area contributed by atoms with Gasteiger partial charge in [-0.1, -0.05) is 39.0 Å². The molecule has 0 saturated heterocycles. The highest BCUT2D eigenvalue weighted by atomic mass is 16.5. The Bertz CT molecular complexity index is 558. The second kappa shape index (κ2) is 7.69. The minimum Gasteiger partial charge on any atom is -0.480 e. The molecule has 2 rings (SSSR count). The van der Waals surface area contributed by atoms with Crippen LogP contribution < -0.4 is 15.8 Å². The summed E-state index contributed by atoms with van der Waals surface area (Å²) in [5.41, 5.74) is 5.17. The van der Waals surface area contributed by atoms with Crippen molar-refractivity contribution >= 4 is 11.8 Å². The number of rotatable bonds is 5. The summed E-state index contributed by atoms with van der Waals surface area (Å²) in [6.07, 6.45) is 2.69. The smallest absolute Gasteiger partial charge is 0.258 e. The quantitative estimate of drug-likeness (QED) is 0.869. The number of nitrogens with one attached hydrogen (secondary N) is 1. The molecule has 132 valence electrons. The molecule has 1 aliphatic carbocycles. The van der Waals surface area contributed by atoms with Gasteiger partial charge in [0, 0.05) is 17.4 Å². The van der Waals surface area contributed by atoms with E-state index in [9.17, 15) is 9.59 Å². The summed E-state index contributed by atoms with van der Waals surface area (Å²) in [5.74, 6) is 0.383. The maximum atomic E-state index is 12.1. The molecule has 1 atom stereocenters. The molecule has 1 aromatic rings. The number of para-hydroxylation sites is 1. The van der Waals surface area contributed by atoms with E-state index in [-0.39, 0.29) is 23.3 Å². The summed E-state index contributed by atoms with van der Waals surface area (Å²) in [6.45, 7) is 5.72. The van der Waals surface area contributed by atoms with Crippen molar-refractivity contribution in [2.45, 2.75) is 58.6 Å². The van der Waals surface area contributed by atoms with Crippen molar-refractivity contribution in [1.82, 2.24) is 5.32 Å². The van der Waals surface area contributed by atoms with Gasteiger partial charge in [0.1, 0.15) is 5.75 Å². The van der Waals surface area contributed by atoms with Crippen molar-refractivity contribution in [2.24, 2.45) is 17.1 Å². The van der Waals surface area contributed by atoms with Crippen LogP contribution in [0.5, 0.6) is 5.75 Å². The van der Waals surface area contributed by atoms with E-state index in [1.54, 1.807) is 0 Å².